The normalized spacial score (nSPS) is 37.4. The zero-order chi connectivity index (χ0) is 10.2. The van der Waals surface area contributed by atoms with E-state index in [2.05, 4.69) is 10.0 Å². The van der Waals surface area contributed by atoms with Crippen LogP contribution in [0, 0.1) is 5.92 Å². The second-order valence-electron chi connectivity index (χ2n) is 4.40. The SMILES string of the molecule is CCS(=O)(=O)NC1CC2CNC(C2)C1. The van der Waals surface area contributed by atoms with E-state index >= 15 is 0 Å². The third kappa shape index (κ3) is 2.27. The second-order valence-corrected chi connectivity index (χ2v) is 6.44. The van der Waals surface area contributed by atoms with Crippen molar-refractivity contribution in [1.82, 2.24) is 10.0 Å². The minimum absolute atomic E-state index is 0.165. The minimum atomic E-state index is -3.02. The third-order valence-electron chi connectivity index (χ3n) is 3.23. The summed E-state index contributed by atoms with van der Waals surface area (Å²) >= 11 is 0. The highest BCUT2D eigenvalue weighted by molar-refractivity contribution is 7.89. The van der Waals surface area contributed by atoms with Crippen LogP contribution >= 0.6 is 0 Å². The Balaban J connectivity index is 1.94. The molecule has 0 radical (unpaired) electrons. The lowest BCUT2D eigenvalue weighted by atomic mass is 9.87. The van der Waals surface area contributed by atoms with Gasteiger partial charge in [0, 0.05) is 12.1 Å². The molecule has 4 nitrogen and oxygen atoms in total. The smallest absolute Gasteiger partial charge is 0.211 e. The van der Waals surface area contributed by atoms with Gasteiger partial charge in [-0.1, -0.05) is 0 Å². The molecule has 2 rings (SSSR count). The molecule has 2 bridgehead atoms. The van der Waals surface area contributed by atoms with Gasteiger partial charge in [0.25, 0.3) is 0 Å². The van der Waals surface area contributed by atoms with Gasteiger partial charge in [0.1, 0.15) is 0 Å². The van der Waals surface area contributed by atoms with Crippen LogP contribution in [0.5, 0.6) is 0 Å². The maximum Gasteiger partial charge on any atom is 0.211 e. The second kappa shape index (κ2) is 3.79. The van der Waals surface area contributed by atoms with E-state index < -0.39 is 10.0 Å². The average molecular weight is 218 g/mol. The molecule has 2 N–H and O–H groups in total. The van der Waals surface area contributed by atoms with Gasteiger partial charge in [-0.25, -0.2) is 13.1 Å². The van der Waals surface area contributed by atoms with Crippen molar-refractivity contribution < 1.29 is 8.42 Å². The van der Waals surface area contributed by atoms with Crippen molar-refractivity contribution in [1.29, 1.82) is 0 Å². The van der Waals surface area contributed by atoms with Gasteiger partial charge >= 0.3 is 0 Å². The highest BCUT2D eigenvalue weighted by Crippen LogP contribution is 2.29. The lowest BCUT2D eigenvalue weighted by Gasteiger charge is -2.27. The largest absolute Gasteiger partial charge is 0.314 e. The molecule has 0 amide bonds. The molecule has 0 spiro atoms. The van der Waals surface area contributed by atoms with Crippen LogP contribution in [0.3, 0.4) is 0 Å². The van der Waals surface area contributed by atoms with E-state index in [1.54, 1.807) is 6.92 Å². The van der Waals surface area contributed by atoms with Gasteiger partial charge in [0.2, 0.25) is 10.0 Å². The van der Waals surface area contributed by atoms with Crippen molar-refractivity contribution in [3.63, 3.8) is 0 Å². The number of rotatable bonds is 3. The van der Waals surface area contributed by atoms with Crippen LogP contribution in [-0.4, -0.2) is 32.8 Å². The fourth-order valence-corrected chi connectivity index (χ4v) is 3.40. The first-order valence-electron chi connectivity index (χ1n) is 5.32. The van der Waals surface area contributed by atoms with E-state index in [0.717, 1.165) is 19.4 Å². The quantitative estimate of drug-likeness (QED) is 0.704. The summed E-state index contributed by atoms with van der Waals surface area (Å²) in [5.41, 5.74) is 0. The lowest BCUT2D eigenvalue weighted by molar-refractivity contribution is 0.345. The Hall–Kier alpha value is -0.130. The molecule has 14 heavy (non-hydrogen) atoms. The van der Waals surface area contributed by atoms with Crippen LogP contribution in [0.2, 0.25) is 0 Å². The Kier molecular flexibility index (Phi) is 2.81. The number of nitrogens with one attached hydrogen (secondary N) is 2. The van der Waals surface area contributed by atoms with Crippen molar-refractivity contribution in [2.75, 3.05) is 12.3 Å². The highest BCUT2D eigenvalue weighted by atomic mass is 32.2. The first-order valence-corrected chi connectivity index (χ1v) is 6.97. The fraction of sp³-hybridized carbons (Fsp3) is 1.00. The molecule has 0 aromatic heterocycles. The van der Waals surface area contributed by atoms with E-state index in [1.165, 1.54) is 6.42 Å². The van der Waals surface area contributed by atoms with Crippen LogP contribution in [0.4, 0.5) is 0 Å². The number of sulfonamides is 1. The van der Waals surface area contributed by atoms with Gasteiger partial charge in [-0.3, -0.25) is 0 Å². The molecular formula is C9H18N2O2S. The van der Waals surface area contributed by atoms with Gasteiger partial charge in [-0.05, 0) is 38.6 Å². The molecule has 1 aliphatic carbocycles. The van der Waals surface area contributed by atoms with Gasteiger partial charge < -0.3 is 5.32 Å². The predicted molar refractivity (Wildman–Crippen MR) is 55.5 cm³/mol. The summed E-state index contributed by atoms with van der Waals surface area (Å²) in [6.45, 7) is 2.74. The molecule has 1 saturated carbocycles. The topological polar surface area (TPSA) is 58.2 Å². The monoisotopic (exact) mass is 218 g/mol. The van der Waals surface area contributed by atoms with E-state index in [0.29, 0.717) is 12.0 Å². The first-order chi connectivity index (χ1) is 6.59. The molecule has 1 saturated heterocycles. The molecule has 82 valence electrons. The van der Waals surface area contributed by atoms with E-state index in [9.17, 15) is 8.42 Å². The summed E-state index contributed by atoms with van der Waals surface area (Å²) in [6, 6.07) is 0.706. The van der Waals surface area contributed by atoms with E-state index in [4.69, 9.17) is 0 Å². The van der Waals surface area contributed by atoms with Crippen molar-refractivity contribution >= 4 is 10.0 Å². The third-order valence-corrected chi connectivity index (χ3v) is 4.68. The molecule has 0 aromatic rings. The molecule has 0 aromatic carbocycles. The van der Waals surface area contributed by atoms with Gasteiger partial charge in [-0.15, -0.1) is 0 Å². The molecule has 5 heteroatoms. The Morgan fingerprint density at radius 3 is 2.79 bits per heavy atom. The van der Waals surface area contributed by atoms with Gasteiger partial charge in [0.15, 0.2) is 0 Å². The summed E-state index contributed by atoms with van der Waals surface area (Å²) in [7, 11) is -3.02. The summed E-state index contributed by atoms with van der Waals surface area (Å²) in [5.74, 6) is 0.866. The number of fused-ring (bicyclic) bond motifs is 2. The highest BCUT2D eigenvalue weighted by Gasteiger charge is 2.34. The summed E-state index contributed by atoms with van der Waals surface area (Å²) in [4.78, 5) is 0. The molecule has 2 fully saturated rings. The summed E-state index contributed by atoms with van der Waals surface area (Å²) in [6.07, 6.45) is 3.18. The zero-order valence-electron chi connectivity index (χ0n) is 8.49. The number of hydrogen-bond donors (Lipinski definition) is 2. The fourth-order valence-electron chi connectivity index (χ4n) is 2.54. The Morgan fingerprint density at radius 2 is 2.14 bits per heavy atom. The lowest BCUT2D eigenvalue weighted by Crippen LogP contribution is -2.41. The molecule has 1 aliphatic heterocycles. The molecule has 2 aliphatic rings. The first kappa shape index (κ1) is 10.4. The van der Waals surface area contributed by atoms with Crippen molar-refractivity contribution in [3.05, 3.63) is 0 Å². The maximum atomic E-state index is 11.4. The van der Waals surface area contributed by atoms with Crippen LogP contribution in [0.25, 0.3) is 0 Å². The molecule has 3 unspecified atom stereocenters. The van der Waals surface area contributed by atoms with Crippen LogP contribution < -0.4 is 10.0 Å². The van der Waals surface area contributed by atoms with Crippen LogP contribution in [0.15, 0.2) is 0 Å². The average Bonchev–Trinajstić information content (AvgIpc) is 2.45. The zero-order valence-corrected chi connectivity index (χ0v) is 9.31. The summed E-state index contributed by atoms with van der Waals surface area (Å²) in [5, 5.41) is 3.42. The maximum absolute atomic E-state index is 11.4. The van der Waals surface area contributed by atoms with Crippen molar-refractivity contribution in [3.8, 4) is 0 Å². The Labute approximate surface area is 85.5 Å². The Bertz CT molecular complexity index is 290. The molecule has 1 heterocycles. The molecule has 3 atom stereocenters. The standard InChI is InChI=1S/C9H18N2O2S/c1-2-14(12,13)11-9-4-7-3-8(5-9)10-6-7/h7-11H,2-6H2,1H3. The van der Waals surface area contributed by atoms with Crippen LogP contribution in [0.1, 0.15) is 26.2 Å². The number of hydrogen-bond acceptors (Lipinski definition) is 3. The van der Waals surface area contributed by atoms with E-state index in [1.807, 2.05) is 0 Å². The minimum Gasteiger partial charge on any atom is -0.314 e. The van der Waals surface area contributed by atoms with Crippen molar-refractivity contribution in [2.24, 2.45) is 5.92 Å². The van der Waals surface area contributed by atoms with Gasteiger partial charge in [0.05, 0.1) is 5.75 Å². The summed E-state index contributed by atoms with van der Waals surface area (Å²) < 4.78 is 25.5. The van der Waals surface area contributed by atoms with Crippen molar-refractivity contribution in [2.45, 2.75) is 38.3 Å². The molecular weight excluding hydrogens is 200 g/mol. The van der Waals surface area contributed by atoms with Crippen LogP contribution in [-0.2, 0) is 10.0 Å². The van der Waals surface area contributed by atoms with Gasteiger partial charge in [-0.2, -0.15) is 0 Å². The van der Waals surface area contributed by atoms with E-state index in [-0.39, 0.29) is 11.8 Å². The predicted octanol–water partition coefficient (Wildman–Crippen LogP) is 0.0662. The Morgan fingerprint density at radius 1 is 1.36 bits per heavy atom.